The van der Waals surface area contributed by atoms with E-state index in [0.717, 1.165) is 11.3 Å². The molecular formula is C12H17N. The largest absolute Gasteiger partial charge is 0.261 e. The molecule has 0 aliphatic rings. The first-order valence-electron chi connectivity index (χ1n) is 4.40. The van der Waals surface area contributed by atoms with E-state index in [-0.39, 0.29) is 0 Å². The summed E-state index contributed by atoms with van der Waals surface area (Å²) < 4.78 is 0. The van der Waals surface area contributed by atoms with Crippen LogP contribution < -0.4 is 0 Å². The molecule has 0 saturated heterocycles. The Hall–Kier alpha value is -1.37. The second-order valence-corrected chi connectivity index (χ2v) is 2.43. The summed E-state index contributed by atoms with van der Waals surface area (Å²) in [5.74, 6) is 0. The van der Waals surface area contributed by atoms with Crippen LogP contribution in [-0.4, -0.2) is 6.21 Å². The van der Waals surface area contributed by atoms with Gasteiger partial charge in [0.1, 0.15) is 0 Å². The molecule has 0 fully saturated rings. The smallest absolute Gasteiger partial charge is 0.0691 e. The third-order valence-electron chi connectivity index (χ3n) is 1.45. The topological polar surface area (TPSA) is 12.4 Å². The highest BCUT2D eigenvalue weighted by Crippen LogP contribution is 2.10. The Morgan fingerprint density at radius 1 is 1.08 bits per heavy atom. The van der Waals surface area contributed by atoms with Crippen molar-refractivity contribution in [1.82, 2.24) is 0 Å². The summed E-state index contributed by atoms with van der Waals surface area (Å²) in [4.78, 5) is 4.21. The SMILES string of the molecule is C=CC(N=CC)=C(/C=C\C)/C=C\C. The Morgan fingerprint density at radius 3 is 1.92 bits per heavy atom. The Morgan fingerprint density at radius 2 is 1.62 bits per heavy atom. The molecule has 0 aromatic carbocycles. The Labute approximate surface area is 80.9 Å². The number of rotatable bonds is 4. The van der Waals surface area contributed by atoms with Gasteiger partial charge in [-0.05, 0) is 32.4 Å². The molecule has 0 spiro atoms. The highest BCUT2D eigenvalue weighted by Gasteiger charge is 1.92. The molecule has 13 heavy (non-hydrogen) atoms. The molecule has 70 valence electrons. The molecule has 0 rings (SSSR count). The van der Waals surface area contributed by atoms with Crippen molar-refractivity contribution < 1.29 is 0 Å². The second kappa shape index (κ2) is 7.29. The van der Waals surface area contributed by atoms with Gasteiger partial charge in [-0.15, -0.1) is 0 Å². The summed E-state index contributed by atoms with van der Waals surface area (Å²) in [6.07, 6.45) is 11.5. The molecule has 0 radical (unpaired) electrons. The number of nitrogens with zero attached hydrogens (tertiary/aromatic N) is 1. The quantitative estimate of drug-likeness (QED) is 0.456. The zero-order valence-electron chi connectivity index (χ0n) is 8.62. The second-order valence-electron chi connectivity index (χ2n) is 2.43. The Bertz CT molecular complexity index is 251. The normalized spacial score (nSPS) is 11.6. The van der Waals surface area contributed by atoms with Crippen LogP contribution in [0.1, 0.15) is 20.8 Å². The van der Waals surface area contributed by atoms with Crippen LogP contribution in [0.25, 0.3) is 0 Å². The molecule has 0 aromatic rings. The number of hydrogen-bond acceptors (Lipinski definition) is 1. The zero-order chi connectivity index (χ0) is 10.1. The summed E-state index contributed by atoms with van der Waals surface area (Å²) in [5.41, 5.74) is 1.98. The van der Waals surface area contributed by atoms with E-state index in [1.165, 1.54) is 0 Å². The van der Waals surface area contributed by atoms with Gasteiger partial charge >= 0.3 is 0 Å². The molecule has 1 heteroatoms. The number of allylic oxidation sites excluding steroid dienone is 6. The summed E-state index contributed by atoms with van der Waals surface area (Å²) in [7, 11) is 0. The van der Waals surface area contributed by atoms with Gasteiger partial charge in [-0.3, -0.25) is 4.99 Å². The average molecular weight is 175 g/mol. The number of aliphatic imine (C=N–C) groups is 1. The van der Waals surface area contributed by atoms with Gasteiger partial charge in [0.2, 0.25) is 0 Å². The van der Waals surface area contributed by atoms with Crippen molar-refractivity contribution in [2.45, 2.75) is 20.8 Å². The third-order valence-corrected chi connectivity index (χ3v) is 1.45. The Balaban J connectivity index is 5.10. The molecule has 0 bridgehead atoms. The molecular weight excluding hydrogens is 158 g/mol. The van der Waals surface area contributed by atoms with Gasteiger partial charge in [0, 0.05) is 6.21 Å². The fourth-order valence-electron chi connectivity index (χ4n) is 0.970. The first kappa shape index (κ1) is 11.6. The molecule has 0 aromatic heterocycles. The van der Waals surface area contributed by atoms with Gasteiger partial charge in [-0.1, -0.05) is 30.9 Å². The summed E-state index contributed by atoms with van der Waals surface area (Å²) in [6, 6.07) is 0. The number of hydrogen-bond donors (Lipinski definition) is 0. The molecule has 0 amide bonds. The zero-order valence-corrected chi connectivity index (χ0v) is 8.62. The third kappa shape index (κ3) is 4.26. The van der Waals surface area contributed by atoms with E-state index in [1.54, 1.807) is 12.3 Å². The maximum atomic E-state index is 4.21. The van der Waals surface area contributed by atoms with Crippen molar-refractivity contribution >= 4 is 6.21 Å². The fourth-order valence-corrected chi connectivity index (χ4v) is 0.970. The van der Waals surface area contributed by atoms with Gasteiger partial charge in [-0.25, -0.2) is 0 Å². The molecule has 0 saturated carbocycles. The predicted molar refractivity (Wildman–Crippen MR) is 61.0 cm³/mol. The lowest BCUT2D eigenvalue weighted by molar-refractivity contribution is 1.36. The minimum atomic E-state index is 0.902. The van der Waals surface area contributed by atoms with Crippen LogP contribution >= 0.6 is 0 Å². The van der Waals surface area contributed by atoms with Crippen molar-refractivity contribution in [1.29, 1.82) is 0 Å². The standard InChI is InChI=1S/C12H17N/c1-5-9-11(10-6-2)12(7-3)13-8-4/h5-10H,3H2,1-2,4H3/b9-5-,10-6-,13-8?. The van der Waals surface area contributed by atoms with E-state index in [1.807, 2.05) is 45.1 Å². The van der Waals surface area contributed by atoms with E-state index < -0.39 is 0 Å². The van der Waals surface area contributed by atoms with E-state index in [9.17, 15) is 0 Å². The molecule has 0 unspecified atom stereocenters. The van der Waals surface area contributed by atoms with Gasteiger partial charge in [0.25, 0.3) is 0 Å². The average Bonchev–Trinajstić information content (AvgIpc) is 2.14. The van der Waals surface area contributed by atoms with Crippen LogP contribution in [0.15, 0.2) is 53.2 Å². The van der Waals surface area contributed by atoms with E-state index in [4.69, 9.17) is 0 Å². The molecule has 0 aliphatic carbocycles. The minimum absolute atomic E-state index is 0.902. The van der Waals surface area contributed by atoms with Crippen LogP contribution in [-0.2, 0) is 0 Å². The van der Waals surface area contributed by atoms with Crippen LogP contribution in [0, 0.1) is 0 Å². The van der Waals surface area contributed by atoms with Crippen molar-refractivity contribution in [3.63, 3.8) is 0 Å². The highest BCUT2D eigenvalue weighted by atomic mass is 14.7. The van der Waals surface area contributed by atoms with Crippen molar-refractivity contribution in [2.24, 2.45) is 4.99 Å². The first-order valence-corrected chi connectivity index (χ1v) is 4.40. The van der Waals surface area contributed by atoms with Gasteiger partial charge in [0.15, 0.2) is 0 Å². The van der Waals surface area contributed by atoms with E-state index in [0.29, 0.717) is 0 Å². The van der Waals surface area contributed by atoms with Crippen LogP contribution in [0.4, 0.5) is 0 Å². The highest BCUT2D eigenvalue weighted by molar-refractivity contribution is 5.57. The van der Waals surface area contributed by atoms with Crippen molar-refractivity contribution in [3.05, 3.63) is 48.2 Å². The monoisotopic (exact) mass is 175 g/mol. The molecule has 0 heterocycles. The molecule has 0 aliphatic heterocycles. The lowest BCUT2D eigenvalue weighted by atomic mass is 10.1. The molecule has 0 atom stereocenters. The maximum Gasteiger partial charge on any atom is 0.0691 e. The van der Waals surface area contributed by atoms with Crippen molar-refractivity contribution in [3.8, 4) is 0 Å². The summed E-state index contributed by atoms with van der Waals surface area (Å²) in [6.45, 7) is 9.59. The van der Waals surface area contributed by atoms with Crippen LogP contribution in [0.3, 0.4) is 0 Å². The molecule has 1 nitrogen and oxygen atoms in total. The summed E-state index contributed by atoms with van der Waals surface area (Å²) in [5, 5.41) is 0. The van der Waals surface area contributed by atoms with E-state index in [2.05, 4.69) is 11.6 Å². The lowest BCUT2D eigenvalue weighted by Crippen LogP contribution is -1.80. The van der Waals surface area contributed by atoms with Crippen LogP contribution in [0.2, 0.25) is 0 Å². The van der Waals surface area contributed by atoms with Gasteiger partial charge in [-0.2, -0.15) is 0 Å². The van der Waals surface area contributed by atoms with E-state index >= 15 is 0 Å². The van der Waals surface area contributed by atoms with Crippen LogP contribution in [0.5, 0.6) is 0 Å². The lowest BCUT2D eigenvalue weighted by Gasteiger charge is -1.98. The minimum Gasteiger partial charge on any atom is -0.261 e. The first-order chi connectivity index (χ1) is 6.29. The fraction of sp³-hybridized carbons (Fsp3) is 0.250. The Kier molecular flexibility index (Phi) is 6.52. The van der Waals surface area contributed by atoms with Gasteiger partial charge < -0.3 is 0 Å². The summed E-state index contributed by atoms with van der Waals surface area (Å²) >= 11 is 0. The predicted octanol–water partition coefficient (Wildman–Crippen LogP) is 3.67. The van der Waals surface area contributed by atoms with Crippen molar-refractivity contribution in [2.75, 3.05) is 0 Å². The molecule has 0 N–H and O–H groups in total. The maximum absolute atomic E-state index is 4.21. The van der Waals surface area contributed by atoms with Gasteiger partial charge in [0.05, 0.1) is 5.70 Å².